The van der Waals surface area contributed by atoms with Crippen molar-refractivity contribution in [3.8, 4) is 0 Å². The van der Waals surface area contributed by atoms with Crippen molar-refractivity contribution in [2.75, 3.05) is 0 Å². The van der Waals surface area contributed by atoms with E-state index in [1.807, 2.05) is 0 Å². The van der Waals surface area contributed by atoms with Crippen LogP contribution in [0.3, 0.4) is 0 Å². The predicted octanol–water partition coefficient (Wildman–Crippen LogP) is 4.47. The van der Waals surface area contributed by atoms with Gasteiger partial charge in [0, 0.05) is 0 Å². The normalized spacial score (nSPS) is 51.9. The Morgan fingerprint density at radius 1 is 0.722 bits per heavy atom. The lowest BCUT2D eigenvalue weighted by Crippen LogP contribution is -2.31. The Labute approximate surface area is 110 Å². The van der Waals surface area contributed by atoms with Crippen LogP contribution in [0.5, 0.6) is 0 Å². The molecule has 4 aliphatic carbocycles. The molecule has 0 N–H and O–H groups in total. The van der Waals surface area contributed by atoms with Crippen molar-refractivity contribution in [2.45, 2.75) is 38.0 Å². The van der Waals surface area contributed by atoms with E-state index < -0.39 is 0 Å². The van der Waals surface area contributed by atoms with Crippen molar-refractivity contribution >= 4 is 0 Å². The summed E-state index contributed by atoms with van der Waals surface area (Å²) in [5, 5.41) is 0. The molecule has 7 atom stereocenters. The van der Waals surface area contributed by atoms with E-state index in [4.69, 9.17) is 0 Å². The van der Waals surface area contributed by atoms with E-state index in [0.717, 1.165) is 41.4 Å². The Balaban J connectivity index is 1.51. The number of hydrogen-bond donors (Lipinski definition) is 0. The molecule has 4 fully saturated rings. The molecule has 0 aromatic heterocycles. The molecule has 5 rings (SSSR count). The van der Waals surface area contributed by atoms with Gasteiger partial charge in [-0.1, -0.05) is 30.3 Å². The SMILES string of the molecule is c1ccc(C2CC3CC2C2C4CCC(C4)C32)cc1. The van der Waals surface area contributed by atoms with Crippen LogP contribution in [0.25, 0.3) is 0 Å². The molecule has 0 radical (unpaired) electrons. The number of hydrogen-bond acceptors (Lipinski definition) is 0. The molecule has 0 aliphatic heterocycles. The highest BCUT2D eigenvalue weighted by Crippen LogP contribution is 2.70. The molecule has 1 aromatic carbocycles. The maximum absolute atomic E-state index is 2.38. The second-order valence-corrected chi connectivity index (χ2v) is 7.40. The summed E-state index contributed by atoms with van der Waals surface area (Å²) in [6.07, 6.45) is 7.83. The summed E-state index contributed by atoms with van der Waals surface area (Å²) < 4.78 is 0. The zero-order valence-electron chi connectivity index (χ0n) is 11.0. The molecular formula is C18H22. The third-order valence-electron chi connectivity index (χ3n) is 6.96. The van der Waals surface area contributed by atoms with Gasteiger partial charge >= 0.3 is 0 Å². The van der Waals surface area contributed by atoms with Crippen molar-refractivity contribution in [1.29, 1.82) is 0 Å². The van der Waals surface area contributed by atoms with E-state index in [0.29, 0.717) is 0 Å². The van der Waals surface area contributed by atoms with E-state index >= 15 is 0 Å². The summed E-state index contributed by atoms with van der Waals surface area (Å²) in [6.45, 7) is 0. The molecular weight excluding hydrogens is 216 g/mol. The van der Waals surface area contributed by atoms with Gasteiger partial charge in [0.15, 0.2) is 0 Å². The molecule has 18 heavy (non-hydrogen) atoms. The monoisotopic (exact) mass is 238 g/mol. The van der Waals surface area contributed by atoms with Crippen LogP contribution < -0.4 is 0 Å². The summed E-state index contributed by atoms with van der Waals surface area (Å²) in [5.41, 5.74) is 1.64. The van der Waals surface area contributed by atoms with E-state index in [2.05, 4.69) is 30.3 Å². The van der Waals surface area contributed by atoms with Crippen LogP contribution in [0.2, 0.25) is 0 Å². The van der Waals surface area contributed by atoms with Crippen LogP contribution in [0, 0.1) is 35.5 Å². The average molecular weight is 238 g/mol. The summed E-state index contributed by atoms with van der Waals surface area (Å²) in [5.74, 6) is 7.63. The van der Waals surface area contributed by atoms with Gasteiger partial charge in [-0.3, -0.25) is 0 Å². The lowest BCUT2D eigenvalue weighted by atomic mass is 9.66. The van der Waals surface area contributed by atoms with Crippen LogP contribution in [-0.2, 0) is 0 Å². The molecule has 7 unspecified atom stereocenters. The number of fused-ring (bicyclic) bond motifs is 9. The highest BCUT2D eigenvalue weighted by Gasteiger charge is 2.62. The maximum atomic E-state index is 2.38. The third-order valence-corrected chi connectivity index (χ3v) is 6.96. The molecule has 0 nitrogen and oxygen atoms in total. The molecule has 0 heteroatoms. The highest BCUT2D eigenvalue weighted by molar-refractivity contribution is 5.26. The first-order valence-electron chi connectivity index (χ1n) is 7.97. The summed E-state index contributed by atoms with van der Waals surface area (Å²) in [4.78, 5) is 0. The lowest BCUT2D eigenvalue weighted by molar-refractivity contribution is 0.131. The summed E-state index contributed by atoms with van der Waals surface area (Å²) in [7, 11) is 0. The van der Waals surface area contributed by atoms with Gasteiger partial charge in [0.05, 0.1) is 0 Å². The molecule has 0 saturated heterocycles. The summed E-state index contributed by atoms with van der Waals surface area (Å²) in [6, 6.07) is 11.4. The van der Waals surface area contributed by atoms with Gasteiger partial charge in [-0.05, 0) is 79.1 Å². The van der Waals surface area contributed by atoms with Crippen molar-refractivity contribution in [3.63, 3.8) is 0 Å². The van der Waals surface area contributed by atoms with E-state index in [9.17, 15) is 0 Å². The van der Waals surface area contributed by atoms with Crippen molar-refractivity contribution in [2.24, 2.45) is 35.5 Å². The van der Waals surface area contributed by atoms with Gasteiger partial charge < -0.3 is 0 Å². The van der Waals surface area contributed by atoms with Gasteiger partial charge in [0.2, 0.25) is 0 Å². The van der Waals surface area contributed by atoms with Crippen LogP contribution in [0.15, 0.2) is 30.3 Å². The minimum absolute atomic E-state index is 0.914. The summed E-state index contributed by atoms with van der Waals surface area (Å²) >= 11 is 0. The molecule has 0 amide bonds. The largest absolute Gasteiger partial charge is 0.0622 e. The molecule has 4 aliphatic rings. The molecule has 0 spiro atoms. The van der Waals surface area contributed by atoms with Crippen molar-refractivity contribution < 1.29 is 0 Å². The predicted molar refractivity (Wildman–Crippen MR) is 73.2 cm³/mol. The number of rotatable bonds is 1. The second kappa shape index (κ2) is 3.40. The molecule has 4 bridgehead atoms. The van der Waals surface area contributed by atoms with E-state index in [-0.39, 0.29) is 0 Å². The van der Waals surface area contributed by atoms with Crippen LogP contribution in [0.1, 0.15) is 43.6 Å². The van der Waals surface area contributed by atoms with Gasteiger partial charge in [0.1, 0.15) is 0 Å². The maximum Gasteiger partial charge on any atom is -0.0128 e. The Morgan fingerprint density at radius 3 is 2.33 bits per heavy atom. The minimum atomic E-state index is 0.914. The fourth-order valence-electron chi connectivity index (χ4n) is 6.65. The molecule has 4 saturated carbocycles. The van der Waals surface area contributed by atoms with E-state index in [1.165, 1.54) is 6.42 Å². The van der Waals surface area contributed by atoms with Crippen molar-refractivity contribution in [3.05, 3.63) is 35.9 Å². The fourth-order valence-corrected chi connectivity index (χ4v) is 6.65. The molecule has 1 aromatic rings. The smallest absolute Gasteiger partial charge is 0.0128 e. The number of benzene rings is 1. The Morgan fingerprint density at radius 2 is 1.50 bits per heavy atom. The van der Waals surface area contributed by atoms with Crippen LogP contribution >= 0.6 is 0 Å². The lowest BCUT2D eigenvalue weighted by Gasteiger charge is -2.38. The molecule has 0 heterocycles. The fraction of sp³-hybridized carbons (Fsp3) is 0.667. The Kier molecular flexibility index (Phi) is 1.90. The first-order chi connectivity index (χ1) is 8.92. The van der Waals surface area contributed by atoms with Gasteiger partial charge in [0.25, 0.3) is 0 Å². The van der Waals surface area contributed by atoms with E-state index in [1.54, 1.807) is 31.2 Å². The van der Waals surface area contributed by atoms with Crippen LogP contribution in [0.4, 0.5) is 0 Å². The van der Waals surface area contributed by atoms with Gasteiger partial charge in [-0.25, -0.2) is 0 Å². The molecule has 94 valence electrons. The van der Waals surface area contributed by atoms with Gasteiger partial charge in [-0.2, -0.15) is 0 Å². The standard InChI is InChI=1S/C18H22/c1-2-4-11(5-3-1)15-9-14-10-16(15)18-13-7-6-12(8-13)17(14)18/h1-5,12-18H,6-10H2. The zero-order chi connectivity index (χ0) is 11.7. The van der Waals surface area contributed by atoms with Crippen LogP contribution in [-0.4, -0.2) is 0 Å². The second-order valence-electron chi connectivity index (χ2n) is 7.40. The van der Waals surface area contributed by atoms with Crippen molar-refractivity contribution in [1.82, 2.24) is 0 Å². The third kappa shape index (κ3) is 1.13. The quantitative estimate of drug-likeness (QED) is 0.633. The van der Waals surface area contributed by atoms with Gasteiger partial charge in [-0.15, -0.1) is 0 Å². The average Bonchev–Trinajstić information content (AvgIpc) is 3.17. The zero-order valence-corrected chi connectivity index (χ0v) is 11.0. The Hall–Kier alpha value is -0.780. The first-order valence-corrected chi connectivity index (χ1v) is 7.97. The topological polar surface area (TPSA) is 0 Å². The first kappa shape index (κ1) is 10.1. The highest BCUT2D eigenvalue weighted by atomic mass is 14.7. The Bertz CT molecular complexity index is 462. The minimum Gasteiger partial charge on any atom is -0.0622 e.